The van der Waals surface area contributed by atoms with Crippen LogP contribution in [0.3, 0.4) is 0 Å². The minimum absolute atomic E-state index is 0.0972. The van der Waals surface area contributed by atoms with Crippen LogP contribution in [0.4, 0.5) is 5.69 Å². The first-order valence-corrected chi connectivity index (χ1v) is 12.6. The Hall–Kier alpha value is -2.38. The molecule has 6 nitrogen and oxygen atoms in total. The smallest absolute Gasteiger partial charge is 0.254 e. The third-order valence-electron chi connectivity index (χ3n) is 6.31. The molecule has 7 heteroatoms. The van der Waals surface area contributed by atoms with E-state index >= 15 is 0 Å². The predicted octanol–water partition coefficient (Wildman–Crippen LogP) is 3.52. The van der Waals surface area contributed by atoms with Gasteiger partial charge in [0, 0.05) is 50.5 Å². The Balaban J connectivity index is 1.49. The Morgan fingerprint density at radius 3 is 2.10 bits per heavy atom. The molecule has 0 N–H and O–H groups in total. The topological polar surface area (TPSA) is 60.9 Å². The zero-order valence-corrected chi connectivity index (χ0v) is 19.0. The van der Waals surface area contributed by atoms with Gasteiger partial charge < -0.3 is 9.80 Å². The highest BCUT2D eigenvalue weighted by molar-refractivity contribution is 7.89. The van der Waals surface area contributed by atoms with Gasteiger partial charge in [0.15, 0.2) is 0 Å². The van der Waals surface area contributed by atoms with Crippen molar-refractivity contribution < 1.29 is 13.2 Å². The molecule has 2 heterocycles. The highest BCUT2D eigenvalue weighted by Gasteiger charge is 2.29. The summed E-state index contributed by atoms with van der Waals surface area (Å²) in [6, 6.07) is 15.3. The third kappa shape index (κ3) is 4.77. The molecule has 0 radical (unpaired) electrons. The van der Waals surface area contributed by atoms with Crippen molar-refractivity contribution in [2.24, 2.45) is 0 Å². The van der Waals surface area contributed by atoms with E-state index < -0.39 is 10.0 Å². The molecule has 2 aliphatic heterocycles. The molecule has 0 aromatic heterocycles. The van der Waals surface area contributed by atoms with E-state index in [1.807, 2.05) is 23.1 Å². The fourth-order valence-electron chi connectivity index (χ4n) is 4.42. The van der Waals surface area contributed by atoms with E-state index in [0.717, 1.165) is 44.5 Å². The number of sulfonamides is 1. The summed E-state index contributed by atoms with van der Waals surface area (Å²) in [5.74, 6) is -0.0972. The Morgan fingerprint density at radius 1 is 0.806 bits per heavy atom. The summed E-state index contributed by atoms with van der Waals surface area (Å²) in [6.45, 7) is 5.69. The number of anilines is 1. The summed E-state index contributed by atoms with van der Waals surface area (Å²) in [7, 11) is -3.59. The van der Waals surface area contributed by atoms with Crippen LogP contribution in [0.1, 0.15) is 41.6 Å². The van der Waals surface area contributed by atoms with E-state index in [0.29, 0.717) is 37.3 Å². The third-order valence-corrected chi connectivity index (χ3v) is 8.35. The largest absolute Gasteiger partial charge is 0.368 e. The quantitative estimate of drug-likeness (QED) is 0.728. The van der Waals surface area contributed by atoms with Gasteiger partial charge in [-0.2, -0.15) is 4.31 Å². The second-order valence-electron chi connectivity index (χ2n) is 8.41. The normalized spacial score (nSPS) is 18.6. The summed E-state index contributed by atoms with van der Waals surface area (Å²) in [5, 5.41) is 0. The van der Waals surface area contributed by atoms with Crippen molar-refractivity contribution in [2.75, 3.05) is 44.2 Å². The number of carbonyl (C=O) groups excluding carboxylic acids is 1. The van der Waals surface area contributed by atoms with Gasteiger partial charge in [-0.15, -0.1) is 0 Å². The highest BCUT2D eigenvalue weighted by Crippen LogP contribution is 2.25. The molecule has 0 unspecified atom stereocenters. The zero-order valence-electron chi connectivity index (χ0n) is 18.2. The van der Waals surface area contributed by atoms with E-state index in [9.17, 15) is 13.2 Å². The Labute approximate surface area is 185 Å². The van der Waals surface area contributed by atoms with Crippen LogP contribution in [0.15, 0.2) is 53.4 Å². The number of benzene rings is 2. The first-order valence-electron chi connectivity index (χ1n) is 11.2. The average Bonchev–Trinajstić information content (AvgIpc) is 3.10. The number of hydrogen-bond donors (Lipinski definition) is 0. The molecule has 2 aromatic carbocycles. The molecule has 0 spiro atoms. The lowest BCUT2D eigenvalue weighted by Gasteiger charge is -2.36. The number of piperazine rings is 1. The molecule has 4 rings (SSSR count). The molecule has 2 fully saturated rings. The lowest BCUT2D eigenvalue weighted by atomic mass is 10.1. The van der Waals surface area contributed by atoms with Gasteiger partial charge in [0.1, 0.15) is 0 Å². The van der Waals surface area contributed by atoms with Gasteiger partial charge in [0.25, 0.3) is 5.91 Å². The molecule has 2 aromatic rings. The standard InChI is InChI=1S/C24H31N3O3S/c1-20-11-12-21(19-23(20)31(29,30)27-13-7-2-3-8-14-27)24(28)26-17-15-25(16-18-26)22-9-5-4-6-10-22/h4-6,9-12,19H,2-3,7-8,13-18H2,1H3. The SMILES string of the molecule is Cc1ccc(C(=O)N2CCN(c3ccccc3)CC2)cc1S(=O)(=O)N1CCCCCC1. The van der Waals surface area contributed by atoms with Crippen molar-refractivity contribution in [1.29, 1.82) is 0 Å². The maximum Gasteiger partial charge on any atom is 0.254 e. The number of hydrogen-bond acceptors (Lipinski definition) is 4. The predicted molar refractivity (Wildman–Crippen MR) is 123 cm³/mol. The minimum Gasteiger partial charge on any atom is -0.368 e. The summed E-state index contributed by atoms with van der Waals surface area (Å²) in [5.41, 5.74) is 2.30. The summed E-state index contributed by atoms with van der Waals surface area (Å²) >= 11 is 0. The Morgan fingerprint density at radius 2 is 1.45 bits per heavy atom. The van der Waals surface area contributed by atoms with Crippen molar-refractivity contribution in [3.63, 3.8) is 0 Å². The molecule has 0 atom stereocenters. The minimum atomic E-state index is -3.59. The molecule has 1 amide bonds. The maximum atomic E-state index is 13.3. The molecule has 0 saturated carbocycles. The first-order chi connectivity index (χ1) is 15.0. The van der Waals surface area contributed by atoms with E-state index in [1.54, 1.807) is 29.4 Å². The molecule has 2 aliphatic rings. The van der Waals surface area contributed by atoms with Crippen molar-refractivity contribution in [1.82, 2.24) is 9.21 Å². The van der Waals surface area contributed by atoms with Crippen LogP contribution in [-0.2, 0) is 10.0 Å². The van der Waals surface area contributed by atoms with Crippen LogP contribution in [0.2, 0.25) is 0 Å². The Kier molecular flexibility index (Phi) is 6.62. The molecular weight excluding hydrogens is 410 g/mol. The van der Waals surface area contributed by atoms with E-state index in [2.05, 4.69) is 17.0 Å². The number of carbonyl (C=O) groups is 1. The van der Waals surface area contributed by atoms with E-state index in [-0.39, 0.29) is 10.8 Å². The molecule has 166 valence electrons. The van der Waals surface area contributed by atoms with Crippen molar-refractivity contribution in [3.05, 3.63) is 59.7 Å². The molecule has 0 aliphatic carbocycles. The van der Waals surface area contributed by atoms with Gasteiger partial charge in [0.2, 0.25) is 10.0 Å². The molecular formula is C24H31N3O3S. The fourth-order valence-corrected chi connectivity index (χ4v) is 6.19. The summed E-state index contributed by atoms with van der Waals surface area (Å²) in [6.07, 6.45) is 3.92. The fraction of sp³-hybridized carbons (Fsp3) is 0.458. The van der Waals surface area contributed by atoms with Crippen molar-refractivity contribution in [2.45, 2.75) is 37.5 Å². The van der Waals surface area contributed by atoms with Gasteiger partial charge >= 0.3 is 0 Å². The van der Waals surface area contributed by atoms with Gasteiger partial charge in [-0.25, -0.2) is 8.42 Å². The van der Waals surface area contributed by atoms with Crippen LogP contribution >= 0.6 is 0 Å². The summed E-state index contributed by atoms with van der Waals surface area (Å²) in [4.78, 5) is 17.5. The lowest BCUT2D eigenvalue weighted by Crippen LogP contribution is -2.48. The number of rotatable bonds is 4. The number of nitrogens with zero attached hydrogens (tertiary/aromatic N) is 3. The van der Waals surface area contributed by atoms with E-state index in [4.69, 9.17) is 0 Å². The van der Waals surface area contributed by atoms with Crippen LogP contribution in [0.25, 0.3) is 0 Å². The van der Waals surface area contributed by atoms with Gasteiger partial charge in [-0.05, 0) is 49.6 Å². The molecule has 0 bridgehead atoms. The van der Waals surface area contributed by atoms with Gasteiger partial charge in [-0.3, -0.25) is 4.79 Å². The number of aryl methyl sites for hydroxylation is 1. The second kappa shape index (κ2) is 9.40. The van der Waals surface area contributed by atoms with Crippen LogP contribution in [-0.4, -0.2) is 62.8 Å². The van der Waals surface area contributed by atoms with Gasteiger partial charge in [-0.1, -0.05) is 37.1 Å². The first kappa shape index (κ1) is 21.8. The molecule has 2 saturated heterocycles. The van der Waals surface area contributed by atoms with Crippen LogP contribution < -0.4 is 4.90 Å². The number of amides is 1. The second-order valence-corrected chi connectivity index (χ2v) is 10.3. The average molecular weight is 442 g/mol. The lowest BCUT2D eigenvalue weighted by molar-refractivity contribution is 0.0746. The van der Waals surface area contributed by atoms with Crippen LogP contribution in [0.5, 0.6) is 0 Å². The summed E-state index contributed by atoms with van der Waals surface area (Å²) < 4.78 is 28.2. The monoisotopic (exact) mass is 441 g/mol. The number of para-hydroxylation sites is 1. The van der Waals surface area contributed by atoms with Crippen molar-refractivity contribution in [3.8, 4) is 0 Å². The van der Waals surface area contributed by atoms with E-state index in [1.165, 1.54) is 0 Å². The zero-order chi connectivity index (χ0) is 21.8. The Bertz CT molecular complexity index is 1010. The van der Waals surface area contributed by atoms with Crippen molar-refractivity contribution >= 4 is 21.6 Å². The maximum absolute atomic E-state index is 13.3. The van der Waals surface area contributed by atoms with Crippen LogP contribution in [0, 0.1) is 6.92 Å². The highest BCUT2D eigenvalue weighted by atomic mass is 32.2. The van der Waals surface area contributed by atoms with Gasteiger partial charge in [0.05, 0.1) is 4.90 Å². The molecule has 31 heavy (non-hydrogen) atoms.